The highest BCUT2D eigenvalue weighted by Crippen LogP contribution is 2.38. The van der Waals surface area contributed by atoms with Gasteiger partial charge in [-0.05, 0) is 24.1 Å². The first kappa shape index (κ1) is 12.1. The average molecular weight is 244 g/mol. The maximum Gasteiger partial charge on any atom is 0.307 e. The van der Waals surface area contributed by atoms with E-state index in [4.69, 9.17) is 10.4 Å². The van der Waals surface area contributed by atoms with Crippen LogP contribution in [0.15, 0.2) is 24.3 Å². The zero-order chi connectivity index (χ0) is 13.1. The maximum atomic E-state index is 11.6. The zero-order valence-electron chi connectivity index (χ0n) is 9.59. The summed E-state index contributed by atoms with van der Waals surface area (Å²) >= 11 is 0. The summed E-state index contributed by atoms with van der Waals surface area (Å²) in [5.41, 5.74) is 1.37. The minimum Gasteiger partial charge on any atom is -0.481 e. The number of amides is 1. The molecule has 2 N–H and O–H groups in total. The second-order valence-corrected chi connectivity index (χ2v) is 4.32. The standard InChI is InChI=1S/C13H12N2O3/c14-6-8-2-1-3-9(4-8)7-15-12(16)10-5-11(10)13(17)18/h1-4,10-11H,5,7H2,(H,15,16)(H,17,18)/t10-,11+/m1/s1. The minimum atomic E-state index is -0.915. The van der Waals surface area contributed by atoms with Crippen molar-refractivity contribution in [1.29, 1.82) is 5.26 Å². The van der Waals surface area contributed by atoms with Crippen LogP contribution in [0, 0.1) is 23.2 Å². The van der Waals surface area contributed by atoms with Crippen LogP contribution in [-0.4, -0.2) is 17.0 Å². The van der Waals surface area contributed by atoms with Gasteiger partial charge in [-0.1, -0.05) is 12.1 Å². The van der Waals surface area contributed by atoms with Gasteiger partial charge in [0.1, 0.15) is 0 Å². The van der Waals surface area contributed by atoms with E-state index in [1.54, 1.807) is 18.2 Å². The Hall–Kier alpha value is -2.35. The Labute approximate surface area is 104 Å². The predicted molar refractivity (Wildman–Crippen MR) is 62.2 cm³/mol. The van der Waals surface area contributed by atoms with E-state index >= 15 is 0 Å². The first-order valence-corrected chi connectivity index (χ1v) is 5.61. The summed E-state index contributed by atoms with van der Waals surface area (Å²) in [6, 6.07) is 8.96. The summed E-state index contributed by atoms with van der Waals surface area (Å²) in [5.74, 6) is -2.08. The summed E-state index contributed by atoms with van der Waals surface area (Å²) < 4.78 is 0. The first-order chi connectivity index (χ1) is 8.61. The highest BCUT2D eigenvalue weighted by molar-refractivity contribution is 5.89. The summed E-state index contributed by atoms with van der Waals surface area (Å²) in [5, 5.41) is 20.1. The van der Waals surface area contributed by atoms with E-state index in [9.17, 15) is 9.59 Å². The van der Waals surface area contributed by atoms with Crippen LogP contribution in [0.2, 0.25) is 0 Å². The maximum absolute atomic E-state index is 11.6. The number of carboxylic acid groups (broad SMARTS) is 1. The predicted octanol–water partition coefficient (Wildman–Crippen LogP) is 0.895. The van der Waals surface area contributed by atoms with Crippen molar-refractivity contribution in [2.24, 2.45) is 11.8 Å². The molecule has 0 unspecified atom stereocenters. The fourth-order valence-corrected chi connectivity index (χ4v) is 1.83. The Morgan fingerprint density at radius 2 is 2.22 bits per heavy atom. The number of carboxylic acids is 1. The van der Waals surface area contributed by atoms with Gasteiger partial charge in [-0.25, -0.2) is 0 Å². The van der Waals surface area contributed by atoms with Gasteiger partial charge in [-0.2, -0.15) is 5.26 Å². The van der Waals surface area contributed by atoms with Gasteiger partial charge in [0, 0.05) is 6.54 Å². The smallest absolute Gasteiger partial charge is 0.307 e. The number of nitriles is 1. The van der Waals surface area contributed by atoms with Crippen LogP contribution >= 0.6 is 0 Å². The van der Waals surface area contributed by atoms with Crippen molar-refractivity contribution in [3.63, 3.8) is 0 Å². The van der Waals surface area contributed by atoms with E-state index < -0.39 is 17.8 Å². The molecule has 0 spiro atoms. The molecular formula is C13H12N2O3. The van der Waals surface area contributed by atoms with Gasteiger partial charge >= 0.3 is 5.97 Å². The number of rotatable bonds is 4. The number of hydrogen-bond acceptors (Lipinski definition) is 3. The molecule has 1 aliphatic rings. The monoisotopic (exact) mass is 244 g/mol. The van der Waals surface area contributed by atoms with E-state index in [1.165, 1.54) is 0 Å². The van der Waals surface area contributed by atoms with Gasteiger partial charge in [-0.15, -0.1) is 0 Å². The topological polar surface area (TPSA) is 90.2 Å². The third kappa shape index (κ3) is 2.66. The molecule has 5 heteroatoms. The molecule has 18 heavy (non-hydrogen) atoms. The van der Waals surface area contributed by atoms with Crippen LogP contribution in [-0.2, 0) is 16.1 Å². The molecule has 2 atom stereocenters. The lowest BCUT2D eigenvalue weighted by atomic mass is 10.1. The van der Waals surface area contributed by atoms with Crippen LogP contribution in [0.4, 0.5) is 0 Å². The lowest BCUT2D eigenvalue weighted by Crippen LogP contribution is -2.25. The fourth-order valence-electron chi connectivity index (χ4n) is 1.83. The van der Waals surface area contributed by atoms with Crippen molar-refractivity contribution in [3.05, 3.63) is 35.4 Å². The second-order valence-electron chi connectivity index (χ2n) is 4.32. The fraction of sp³-hybridized carbons (Fsp3) is 0.308. The van der Waals surface area contributed by atoms with Gasteiger partial charge < -0.3 is 10.4 Å². The van der Waals surface area contributed by atoms with Crippen molar-refractivity contribution in [1.82, 2.24) is 5.32 Å². The van der Waals surface area contributed by atoms with Gasteiger partial charge in [0.25, 0.3) is 0 Å². The molecule has 2 rings (SSSR count). The van der Waals surface area contributed by atoms with Crippen molar-refractivity contribution in [2.75, 3.05) is 0 Å². The molecule has 0 aliphatic heterocycles. The molecule has 1 amide bonds. The summed E-state index contributed by atoms with van der Waals surface area (Å²) in [6.45, 7) is 0.317. The third-order valence-electron chi connectivity index (χ3n) is 2.97. The number of benzene rings is 1. The number of carbonyl (C=O) groups is 2. The molecule has 0 radical (unpaired) electrons. The zero-order valence-corrected chi connectivity index (χ0v) is 9.59. The third-order valence-corrected chi connectivity index (χ3v) is 2.97. The Balaban J connectivity index is 1.87. The van der Waals surface area contributed by atoms with E-state index in [0.29, 0.717) is 18.5 Å². The Morgan fingerprint density at radius 1 is 1.44 bits per heavy atom. The molecule has 0 bridgehead atoms. The van der Waals surface area contributed by atoms with E-state index in [0.717, 1.165) is 5.56 Å². The number of aliphatic carboxylic acids is 1. The molecule has 1 aromatic carbocycles. The van der Waals surface area contributed by atoms with Crippen LogP contribution in [0.5, 0.6) is 0 Å². The SMILES string of the molecule is N#Cc1cccc(CNC(=O)[C@@H]2C[C@@H]2C(=O)O)c1. The molecule has 0 heterocycles. The number of carbonyl (C=O) groups excluding carboxylic acids is 1. The molecule has 5 nitrogen and oxygen atoms in total. The first-order valence-electron chi connectivity index (χ1n) is 5.61. The summed E-state index contributed by atoms with van der Waals surface area (Å²) in [6.07, 6.45) is 0.416. The minimum absolute atomic E-state index is 0.232. The Bertz CT molecular complexity index is 533. The molecule has 92 valence electrons. The molecule has 0 saturated heterocycles. The highest BCUT2D eigenvalue weighted by Gasteiger charge is 2.48. The van der Waals surface area contributed by atoms with E-state index in [-0.39, 0.29) is 5.91 Å². The lowest BCUT2D eigenvalue weighted by Gasteiger charge is -2.04. The average Bonchev–Trinajstić information content (AvgIpc) is 3.16. The largest absolute Gasteiger partial charge is 0.481 e. The van der Waals surface area contributed by atoms with E-state index in [2.05, 4.69) is 5.32 Å². The van der Waals surface area contributed by atoms with Crippen LogP contribution in [0.3, 0.4) is 0 Å². The van der Waals surface area contributed by atoms with Crippen LogP contribution < -0.4 is 5.32 Å². The normalized spacial score (nSPS) is 20.8. The van der Waals surface area contributed by atoms with Crippen molar-refractivity contribution in [2.45, 2.75) is 13.0 Å². The molecule has 0 aromatic heterocycles. The van der Waals surface area contributed by atoms with Crippen LogP contribution in [0.1, 0.15) is 17.5 Å². The van der Waals surface area contributed by atoms with Crippen molar-refractivity contribution < 1.29 is 14.7 Å². The molecule has 1 aliphatic carbocycles. The van der Waals surface area contributed by atoms with Crippen molar-refractivity contribution in [3.8, 4) is 6.07 Å². The molecule has 1 aromatic rings. The summed E-state index contributed by atoms with van der Waals surface area (Å²) in [7, 11) is 0. The number of nitrogens with one attached hydrogen (secondary N) is 1. The summed E-state index contributed by atoms with van der Waals surface area (Å²) in [4.78, 5) is 22.2. The quantitative estimate of drug-likeness (QED) is 0.823. The Morgan fingerprint density at radius 3 is 2.83 bits per heavy atom. The highest BCUT2D eigenvalue weighted by atomic mass is 16.4. The Kier molecular flexibility index (Phi) is 3.28. The lowest BCUT2D eigenvalue weighted by molar-refractivity contribution is -0.140. The van der Waals surface area contributed by atoms with Gasteiger partial charge in [0.05, 0.1) is 23.5 Å². The van der Waals surface area contributed by atoms with Crippen LogP contribution in [0.25, 0.3) is 0 Å². The number of hydrogen-bond donors (Lipinski definition) is 2. The van der Waals surface area contributed by atoms with E-state index in [1.807, 2.05) is 12.1 Å². The van der Waals surface area contributed by atoms with Gasteiger partial charge in [0.2, 0.25) is 5.91 Å². The molecule has 1 fully saturated rings. The van der Waals surface area contributed by atoms with Gasteiger partial charge in [0.15, 0.2) is 0 Å². The number of nitrogens with zero attached hydrogens (tertiary/aromatic N) is 1. The molecule has 1 saturated carbocycles. The second kappa shape index (κ2) is 4.88. The van der Waals surface area contributed by atoms with Crippen molar-refractivity contribution >= 4 is 11.9 Å². The molecular weight excluding hydrogens is 232 g/mol. The van der Waals surface area contributed by atoms with Gasteiger partial charge in [-0.3, -0.25) is 9.59 Å².